The number of aliphatic hydroxyl groups is 1. The quantitative estimate of drug-likeness (QED) is 0.838. The highest BCUT2D eigenvalue weighted by atomic mass is 19.4. The van der Waals surface area contributed by atoms with Crippen LogP contribution in [0.4, 0.5) is 13.2 Å². The van der Waals surface area contributed by atoms with Crippen molar-refractivity contribution in [3.63, 3.8) is 0 Å². The largest absolute Gasteiger partial charge is 0.416 e. The molecule has 3 nitrogen and oxygen atoms in total. The lowest BCUT2D eigenvalue weighted by Gasteiger charge is -2.13. The molecule has 0 saturated carbocycles. The van der Waals surface area contributed by atoms with E-state index >= 15 is 0 Å². The number of nitrogens with one attached hydrogen (secondary N) is 1. The fraction of sp³-hybridized carbons (Fsp3) is 0.400. The van der Waals surface area contributed by atoms with E-state index in [1.165, 1.54) is 12.1 Å². The third-order valence-corrected chi connectivity index (χ3v) is 3.37. The Morgan fingerprint density at radius 3 is 2.71 bits per heavy atom. The summed E-state index contributed by atoms with van der Waals surface area (Å²) < 4.78 is 37.7. The predicted molar refractivity (Wildman–Crippen MR) is 71.4 cm³/mol. The van der Waals surface area contributed by atoms with Gasteiger partial charge in [0.25, 0.3) is 0 Å². The molecule has 0 spiro atoms. The lowest BCUT2D eigenvalue weighted by atomic mass is 10.1. The normalized spacial score (nSPS) is 21.5. The van der Waals surface area contributed by atoms with Gasteiger partial charge in [-0.3, -0.25) is 4.79 Å². The molecule has 0 unspecified atom stereocenters. The van der Waals surface area contributed by atoms with E-state index in [0.717, 1.165) is 12.1 Å². The zero-order valence-electron chi connectivity index (χ0n) is 11.2. The Kier molecular flexibility index (Phi) is 4.67. The summed E-state index contributed by atoms with van der Waals surface area (Å²) in [4.78, 5) is 11.8. The van der Waals surface area contributed by atoms with Crippen LogP contribution in [0, 0.1) is 5.92 Å². The van der Waals surface area contributed by atoms with Gasteiger partial charge in [-0.2, -0.15) is 13.2 Å². The molecule has 1 amide bonds. The SMILES string of the molecule is O=C(Cc1cccc(C(F)(F)F)c1)N[C@@H]1C=C[C@H](CO)C1. The number of hydrogen-bond donors (Lipinski definition) is 2. The average Bonchev–Trinajstić information content (AvgIpc) is 2.85. The second-order valence-electron chi connectivity index (χ2n) is 5.11. The first kappa shape index (κ1) is 15.6. The van der Waals surface area contributed by atoms with Crippen LogP contribution >= 0.6 is 0 Å². The summed E-state index contributed by atoms with van der Waals surface area (Å²) in [6.45, 7) is 0.0243. The van der Waals surface area contributed by atoms with Crippen LogP contribution in [0.5, 0.6) is 0 Å². The zero-order valence-corrected chi connectivity index (χ0v) is 11.2. The van der Waals surface area contributed by atoms with Crippen molar-refractivity contribution in [2.75, 3.05) is 6.61 Å². The summed E-state index contributed by atoms with van der Waals surface area (Å²) in [5.74, 6) is -0.300. The van der Waals surface area contributed by atoms with Crippen molar-refractivity contribution in [3.8, 4) is 0 Å². The van der Waals surface area contributed by atoms with Crippen LogP contribution < -0.4 is 5.32 Å². The minimum atomic E-state index is -4.41. The number of amides is 1. The molecule has 0 bridgehead atoms. The van der Waals surface area contributed by atoms with E-state index in [1.807, 2.05) is 6.08 Å². The van der Waals surface area contributed by atoms with Crippen LogP contribution in [0.25, 0.3) is 0 Å². The van der Waals surface area contributed by atoms with Crippen LogP contribution in [-0.4, -0.2) is 23.7 Å². The fourth-order valence-electron chi connectivity index (χ4n) is 2.32. The molecule has 2 N–H and O–H groups in total. The molecule has 0 heterocycles. The maximum Gasteiger partial charge on any atom is 0.416 e. The summed E-state index contributed by atoms with van der Waals surface area (Å²) >= 11 is 0. The summed E-state index contributed by atoms with van der Waals surface area (Å²) in [5.41, 5.74) is -0.433. The van der Waals surface area contributed by atoms with E-state index in [4.69, 9.17) is 5.11 Å². The van der Waals surface area contributed by atoms with E-state index < -0.39 is 11.7 Å². The first-order valence-corrected chi connectivity index (χ1v) is 6.63. The van der Waals surface area contributed by atoms with Crippen molar-refractivity contribution in [1.82, 2.24) is 5.32 Å². The lowest BCUT2D eigenvalue weighted by molar-refractivity contribution is -0.137. The lowest BCUT2D eigenvalue weighted by Crippen LogP contribution is -2.34. The molecule has 2 atom stereocenters. The highest BCUT2D eigenvalue weighted by molar-refractivity contribution is 5.79. The molecule has 0 aromatic heterocycles. The van der Waals surface area contributed by atoms with Gasteiger partial charge in [-0.15, -0.1) is 0 Å². The molecule has 1 aliphatic carbocycles. The van der Waals surface area contributed by atoms with E-state index in [2.05, 4.69) is 5.32 Å². The topological polar surface area (TPSA) is 49.3 Å². The van der Waals surface area contributed by atoms with E-state index in [1.54, 1.807) is 6.08 Å². The number of carbonyl (C=O) groups excluding carboxylic acids is 1. The molecule has 0 radical (unpaired) electrons. The smallest absolute Gasteiger partial charge is 0.396 e. The number of rotatable bonds is 4. The Hall–Kier alpha value is -1.82. The minimum Gasteiger partial charge on any atom is -0.396 e. The number of alkyl halides is 3. The molecule has 1 aromatic rings. The van der Waals surface area contributed by atoms with Crippen LogP contribution in [0.3, 0.4) is 0 Å². The Bertz CT molecular complexity index is 540. The maximum atomic E-state index is 12.6. The Morgan fingerprint density at radius 1 is 1.33 bits per heavy atom. The number of hydrogen-bond acceptors (Lipinski definition) is 2. The Labute approximate surface area is 120 Å². The highest BCUT2D eigenvalue weighted by Crippen LogP contribution is 2.29. The van der Waals surface area contributed by atoms with Gasteiger partial charge in [0.05, 0.1) is 12.0 Å². The number of aliphatic hydroxyl groups excluding tert-OH is 1. The molecule has 0 aliphatic heterocycles. The van der Waals surface area contributed by atoms with Crippen molar-refractivity contribution in [1.29, 1.82) is 0 Å². The molecule has 1 aromatic carbocycles. The maximum absolute atomic E-state index is 12.6. The first-order valence-electron chi connectivity index (χ1n) is 6.63. The van der Waals surface area contributed by atoms with Gasteiger partial charge in [0.1, 0.15) is 0 Å². The molecule has 114 valence electrons. The van der Waals surface area contributed by atoms with Crippen molar-refractivity contribution in [2.45, 2.75) is 25.1 Å². The van der Waals surface area contributed by atoms with E-state index in [0.29, 0.717) is 12.0 Å². The van der Waals surface area contributed by atoms with E-state index in [-0.39, 0.29) is 30.9 Å². The average molecular weight is 299 g/mol. The Balaban J connectivity index is 1.93. The third kappa shape index (κ3) is 4.32. The second-order valence-corrected chi connectivity index (χ2v) is 5.11. The minimum absolute atomic E-state index is 0.0243. The first-order chi connectivity index (χ1) is 9.88. The fourth-order valence-corrected chi connectivity index (χ4v) is 2.32. The molecule has 0 fully saturated rings. The van der Waals surface area contributed by atoms with Crippen LogP contribution in [0.15, 0.2) is 36.4 Å². The van der Waals surface area contributed by atoms with Crippen LogP contribution in [-0.2, 0) is 17.4 Å². The van der Waals surface area contributed by atoms with Gasteiger partial charge in [-0.25, -0.2) is 0 Å². The standard InChI is InChI=1S/C15H16F3NO2/c16-15(17,18)12-3-1-2-10(6-12)8-14(21)19-13-5-4-11(7-13)9-20/h1-6,11,13,20H,7-9H2,(H,19,21)/t11-,13+/m0/s1. The molecular formula is C15H16F3NO2. The van der Waals surface area contributed by atoms with Crippen molar-refractivity contribution in [2.24, 2.45) is 5.92 Å². The zero-order chi connectivity index (χ0) is 15.5. The van der Waals surface area contributed by atoms with Crippen LogP contribution in [0.2, 0.25) is 0 Å². The van der Waals surface area contributed by atoms with Crippen LogP contribution in [0.1, 0.15) is 17.5 Å². The third-order valence-electron chi connectivity index (χ3n) is 3.37. The molecule has 0 saturated heterocycles. The number of halogens is 3. The molecule has 21 heavy (non-hydrogen) atoms. The van der Waals surface area contributed by atoms with Gasteiger partial charge in [0.2, 0.25) is 5.91 Å². The molecule has 1 aliphatic rings. The van der Waals surface area contributed by atoms with Gasteiger partial charge in [0.15, 0.2) is 0 Å². The second kappa shape index (κ2) is 6.30. The summed E-state index contributed by atoms with van der Waals surface area (Å²) in [6.07, 6.45) is -0.266. The predicted octanol–water partition coefficient (Wildman–Crippen LogP) is 2.30. The van der Waals surface area contributed by atoms with Crippen molar-refractivity contribution >= 4 is 5.91 Å². The van der Waals surface area contributed by atoms with Gasteiger partial charge in [-0.1, -0.05) is 30.4 Å². The molecular weight excluding hydrogens is 283 g/mol. The number of carbonyl (C=O) groups is 1. The van der Waals surface area contributed by atoms with Crippen molar-refractivity contribution < 1.29 is 23.1 Å². The Morgan fingerprint density at radius 2 is 2.10 bits per heavy atom. The summed E-state index contributed by atoms with van der Waals surface area (Å²) in [7, 11) is 0. The van der Waals surface area contributed by atoms with Gasteiger partial charge in [0, 0.05) is 18.6 Å². The highest BCUT2D eigenvalue weighted by Gasteiger charge is 2.30. The summed E-state index contributed by atoms with van der Waals surface area (Å²) in [6, 6.07) is 4.59. The number of benzene rings is 1. The van der Waals surface area contributed by atoms with Gasteiger partial charge in [-0.05, 0) is 18.1 Å². The monoisotopic (exact) mass is 299 g/mol. The molecule has 2 rings (SSSR count). The van der Waals surface area contributed by atoms with Gasteiger partial charge < -0.3 is 10.4 Å². The van der Waals surface area contributed by atoms with Gasteiger partial charge >= 0.3 is 6.18 Å². The van der Waals surface area contributed by atoms with Crippen molar-refractivity contribution in [3.05, 3.63) is 47.5 Å². The molecule has 6 heteroatoms. The summed E-state index contributed by atoms with van der Waals surface area (Å²) in [5, 5.41) is 11.7. The van der Waals surface area contributed by atoms with E-state index in [9.17, 15) is 18.0 Å².